The van der Waals surface area contributed by atoms with E-state index in [4.69, 9.17) is 11.6 Å². The SMILES string of the molecule is O=C(Cc1cccs1)Nc1nc(-c2ccc(Cl)s2)cs1. The standard InChI is InChI=1S/C13H9ClN2OS3/c14-11-4-3-10(20-11)9-7-19-13(15-9)16-12(17)6-8-2-1-5-18-8/h1-5,7H,6H2,(H,15,16,17). The highest BCUT2D eigenvalue weighted by Crippen LogP contribution is 2.32. The van der Waals surface area contributed by atoms with Crippen molar-refractivity contribution in [3.8, 4) is 10.6 Å². The summed E-state index contributed by atoms with van der Waals surface area (Å²) in [6.07, 6.45) is 0.386. The third-order valence-corrected chi connectivity index (χ3v) is 5.38. The molecule has 102 valence electrons. The van der Waals surface area contributed by atoms with E-state index in [-0.39, 0.29) is 5.91 Å². The Labute approximate surface area is 132 Å². The van der Waals surface area contributed by atoms with Crippen molar-refractivity contribution in [2.24, 2.45) is 0 Å². The predicted octanol–water partition coefficient (Wildman–Crippen LogP) is 4.77. The number of carbonyl (C=O) groups is 1. The fourth-order valence-corrected chi connectivity index (χ4v) is 4.14. The lowest BCUT2D eigenvalue weighted by atomic mass is 10.3. The van der Waals surface area contributed by atoms with Gasteiger partial charge in [0.25, 0.3) is 0 Å². The summed E-state index contributed by atoms with van der Waals surface area (Å²) in [5, 5.41) is 7.32. The van der Waals surface area contributed by atoms with Crippen molar-refractivity contribution in [1.29, 1.82) is 0 Å². The Morgan fingerprint density at radius 3 is 2.90 bits per heavy atom. The first-order valence-corrected chi connectivity index (χ1v) is 8.69. The molecule has 3 aromatic rings. The van der Waals surface area contributed by atoms with Crippen LogP contribution in [0.3, 0.4) is 0 Å². The maximum absolute atomic E-state index is 11.9. The first kappa shape index (κ1) is 13.8. The Kier molecular flexibility index (Phi) is 4.16. The highest BCUT2D eigenvalue weighted by molar-refractivity contribution is 7.20. The second-order valence-corrected chi connectivity index (χ2v) is 7.55. The van der Waals surface area contributed by atoms with Gasteiger partial charge in [0.1, 0.15) is 0 Å². The van der Waals surface area contributed by atoms with E-state index in [2.05, 4.69) is 10.3 Å². The number of nitrogens with zero attached hydrogens (tertiary/aromatic N) is 1. The fourth-order valence-electron chi connectivity index (χ4n) is 1.63. The summed E-state index contributed by atoms with van der Waals surface area (Å²) >= 11 is 10.4. The maximum Gasteiger partial charge on any atom is 0.231 e. The number of thiazole rings is 1. The quantitative estimate of drug-likeness (QED) is 0.743. The highest BCUT2D eigenvalue weighted by atomic mass is 35.5. The average molecular weight is 341 g/mol. The van der Waals surface area contributed by atoms with Crippen molar-refractivity contribution in [1.82, 2.24) is 4.98 Å². The number of rotatable bonds is 4. The summed E-state index contributed by atoms with van der Waals surface area (Å²) in [5.74, 6) is -0.0439. The highest BCUT2D eigenvalue weighted by Gasteiger charge is 2.10. The minimum absolute atomic E-state index is 0.0439. The molecule has 0 saturated carbocycles. The maximum atomic E-state index is 11.9. The Hall–Kier alpha value is -1.21. The molecule has 0 fully saturated rings. The molecule has 0 bridgehead atoms. The Bertz CT molecular complexity index is 718. The molecule has 3 aromatic heterocycles. The van der Waals surface area contributed by atoms with Gasteiger partial charge in [-0.25, -0.2) is 4.98 Å². The van der Waals surface area contributed by atoms with Crippen LogP contribution in [0.2, 0.25) is 4.34 Å². The summed E-state index contributed by atoms with van der Waals surface area (Å²) in [5.41, 5.74) is 0.846. The van der Waals surface area contributed by atoms with Gasteiger partial charge in [-0.15, -0.1) is 34.0 Å². The second kappa shape index (κ2) is 6.05. The van der Waals surface area contributed by atoms with Gasteiger partial charge in [-0.1, -0.05) is 17.7 Å². The van der Waals surface area contributed by atoms with Crippen LogP contribution >= 0.6 is 45.6 Å². The van der Waals surface area contributed by atoms with Gasteiger partial charge in [-0.05, 0) is 23.6 Å². The van der Waals surface area contributed by atoms with Gasteiger partial charge in [0, 0.05) is 10.3 Å². The minimum Gasteiger partial charge on any atom is -0.302 e. The van der Waals surface area contributed by atoms with Gasteiger partial charge in [-0.2, -0.15) is 0 Å². The number of hydrogen-bond donors (Lipinski definition) is 1. The topological polar surface area (TPSA) is 42.0 Å². The van der Waals surface area contributed by atoms with E-state index in [0.717, 1.165) is 19.8 Å². The Balaban J connectivity index is 1.66. The molecule has 0 unspecified atom stereocenters. The van der Waals surface area contributed by atoms with Crippen LogP contribution in [0.25, 0.3) is 10.6 Å². The lowest BCUT2D eigenvalue weighted by Gasteiger charge is -1.99. The van der Waals surface area contributed by atoms with Crippen molar-refractivity contribution in [3.63, 3.8) is 0 Å². The number of nitrogens with one attached hydrogen (secondary N) is 1. The first-order chi connectivity index (χ1) is 9.70. The summed E-state index contributed by atoms with van der Waals surface area (Å²) in [6, 6.07) is 7.66. The van der Waals surface area contributed by atoms with Crippen LogP contribution in [0.1, 0.15) is 4.88 Å². The van der Waals surface area contributed by atoms with Crippen molar-refractivity contribution < 1.29 is 4.79 Å². The smallest absolute Gasteiger partial charge is 0.231 e. The van der Waals surface area contributed by atoms with Gasteiger partial charge < -0.3 is 5.32 Å². The zero-order valence-electron chi connectivity index (χ0n) is 10.1. The monoisotopic (exact) mass is 340 g/mol. The normalized spacial score (nSPS) is 10.7. The molecule has 3 rings (SSSR count). The predicted molar refractivity (Wildman–Crippen MR) is 87.1 cm³/mol. The molecule has 1 amide bonds. The van der Waals surface area contributed by atoms with Crippen LogP contribution in [0.4, 0.5) is 5.13 Å². The minimum atomic E-state index is -0.0439. The van der Waals surface area contributed by atoms with Crippen molar-refractivity contribution in [2.45, 2.75) is 6.42 Å². The van der Waals surface area contributed by atoms with Gasteiger partial charge in [0.15, 0.2) is 5.13 Å². The molecular formula is C13H9ClN2OS3. The number of aromatic nitrogens is 1. The van der Waals surface area contributed by atoms with E-state index in [9.17, 15) is 4.79 Å². The van der Waals surface area contributed by atoms with E-state index >= 15 is 0 Å². The number of hydrogen-bond acceptors (Lipinski definition) is 5. The summed E-state index contributed by atoms with van der Waals surface area (Å²) in [7, 11) is 0. The van der Waals surface area contributed by atoms with Crippen LogP contribution < -0.4 is 5.32 Å². The number of anilines is 1. The Morgan fingerprint density at radius 2 is 2.20 bits per heavy atom. The van der Waals surface area contributed by atoms with E-state index in [1.807, 2.05) is 35.0 Å². The summed E-state index contributed by atoms with van der Waals surface area (Å²) in [6.45, 7) is 0. The van der Waals surface area contributed by atoms with Gasteiger partial charge in [0.2, 0.25) is 5.91 Å². The lowest BCUT2D eigenvalue weighted by Crippen LogP contribution is -2.13. The third kappa shape index (κ3) is 3.27. The molecule has 0 radical (unpaired) electrons. The number of thiophene rings is 2. The van der Waals surface area contributed by atoms with Crippen LogP contribution in [-0.4, -0.2) is 10.9 Å². The molecular weight excluding hydrogens is 332 g/mol. The molecule has 0 saturated heterocycles. The fraction of sp³-hybridized carbons (Fsp3) is 0.0769. The van der Waals surface area contributed by atoms with E-state index in [1.165, 1.54) is 22.7 Å². The molecule has 0 aromatic carbocycles. The van der Waals surface area contributed by atoms with Gasteiger partial charge in [-0.3, -0.25) is 4.79 Å². The lowest BCUT2D eigenvalue weighted by molar-refractivity contribution is -0.115. The van der Waals surface area contributed by atoms with Crippen LogP contribution in [0.15, 0.2) is 35.0 Å². The van der Waals surface area contributed by atoms with Crippen molar-refractivity contribution in [3.05, 3.63) is 44.2 Å². The second-order valence-electron chi connectivity index (χ2n) is 3.95. The van der Waals surface area contributed by atoms with Crippen LogP contribution in [-0.2, 0) is 11.2 Å². The molecule has 20 heavy (non-hydrogen) atoms. The zero-order chi connectivity index (χ0) is 13.9. The number of halogens is 1. The average Bonchev–Trinajstić information content (AvgIpc) is 3.10. The van der Waals surface area contributed by atoms with Crippen LogP contribution in [0.5, 0.6) is 0 Å². The molecule has 0 aliphatic heterocycles. The van der Waals surface area contributed by atoms with Gasteiger partial charge in [0.05, 0.1) is 21.3 Å². The van der Waals surface area contributed by atoms with E-state index < -0.39 is 0 Å². The molecule has 7 heteroatoms. The summed E-state index contributed by atoms with van der Waals surface area (Å²) < 4.78 is 0.733. The van der Waals surface area contributed by atoms with Crippen molar-refractivity contribution in [2.75, 3.05) is 5.32 Å². The van der Waals surface area contributed by atoms with Crippen LogP contribution in [0, 0.1) is 0 Å². The molecule has 3 nitrogen and oxygen atoms in total. The molecule has 0 atom stereocenters. The first-order valence-electron chi connectivity index (χ1n) is 5.74. The molecule has 3 heterocycles. The molecule has 0 aliphatic rings. The van der Waals surface area contributed by atoms with Crippen molar-refractivity contribution >= 4 is 56.7 Å². The van der Waals surface area contributed by atoms with E-state index in [0.29, 0.717) is 11.6 Å². The largest absolute Gasteiger partial charge is 0.302 e. The number of carbonyl (C=O) groups excluding carboxylic acids is 1. The molecule has 0 aliphatic carbocycles. The third-order valence-electron chi connectivity index (χ3n) is 2.49. The zero-order valence-corrected chi connectivity index (χ0v) is 13.3. The summed E-state index contributed by atoms with van der Waals surface area (Å²) in [4.78, 5) is 18.3. The van der Waals surface area contributed by atoms with Gasteiger partial charge >= 0.3 is 0 Å². The molecule has 0 spiro atoms. The number of amides is 1. The van der Waals surface area contributed by atoms with E-state index in [1.54, 1.807) is 11.3 Å². The molecule has 1 N–H and O–H groups in total. The Morgan fingerprint density at radius 1 is 1.30 bits per heavy atom.